The van der Waals surface area contributed by atoms with E-state index in [-0.39, 0.29) is 5.92 Å². The Bertz CT molecular complexity index is 289. The molecule has 0 spiro atoms. The van der Waals surface area contributed by atoms with E-state index >= 15 is 0 Å². The maximum atomic E-state index is 12.7. The first-order chi connectivity index (χ1) is 9.49. The number of rotatable bonds is 8. The van der Waals surface area contributed by atoms with Gasteiger partial charge in [-0.15, -0.1) is 0 Å². The third-order valence-corrected chi connectivity index (χ3v) is 4.32. The van der Waals surface area contributed by atoms with Crippen molar-refractivity contribution in [2.45, 2.75) is 47.1 Å². The van der Waals surface area contributed by atoms with Crippen molar-refractivity contribution in [2.75, 3.05) is 39.3 Å². The molecule has 118 valence electrons. The zero-order chi connectivity index (χ0) is 15.1. The number of carbonyl (C=O) groups excluding carboxylic acids is 1. The van der Waals surface area contributed by atoms with Crippen LogP contribution in [0.15, 0.2) is 0 Å². The van der Waals surface area contributed by atoms with Gasteiger partial charge in [-0.3, -0.25) is 4.79 Å². The molecule has 0 aromatic rings. The first kappa shape index (κ1) is 17.4. The van der Waals surface area contributed by atoms with Gasteiger partial charge < -0.3 is 15.1 Å². The first-order valence-corrected chi connectivity index (χ1v) is 8.24. The van der Waals surface area contributed by atoms with Crippen molar-refractivity contribution in [2.24, 2.45) is 11.8 Å². The second-order valence-electron chi connectivity index (χ2n) is 6.34. The van der Waals surface area contributed by atoms with Crippen molar-refractivity contribution in [1.82, 2.24) is 15.1 Å². The second-order valence-corrected chi connectivity index (χ2v) is 6.34. The lowest BCUT2D eigenvalue weighted by Crippen LogP contribution is -2.45. The van der Waals surface area contributed by atoms with Gasteiger partial charge in [0, 0.05) is 25.7 Å². The van der Waals surface area contributed by atoms with E-state index in [1.807, 2.05) is 0 Å². The fourth-order valence-electron chi connectivity index (χ4n) is 2.96. The molecule has 1 saturated heterocycles. The zero-order valence-corrected chi connectivity index (χ0v) is 14.0. The molecule has 1 N–H and O–H groups in total. The number of hydrogen-bond acceptors (Lipinski definition) is 3. The Labute approximate surface area is 124 Å². The molecule has 1 heterocycles. The van der Waals surface area contributed by atoms with Gasteiger partial charge in [-0.25, -0.2) is 0 Å². The van der Waals surface area contributed by atoms with Crippen LogP contribution in [0.25, 0.3) is 0 Å². The summed E-state index contributed by atoms with van der Waals surface area (Å²) in [5.41, 5.74) is 0. The lowest BCUT2D eigenvalue weighted by Gasteiger charge is -2.30. The topological polar surface area (TPSA) is 35.6 Å². The highest BCUT2D eigenvalue weighted by Gasteiger charge is 2.32. The quantitative estimate of drug-likeness (QED) is 0.738. The van der Waals surface area contributed by atoms with Crippen molar-refractivity contribution in [3.8, 4) is 0 Å². The molecule has 1 amide bonds. The number of nitrogens with one attached hydrogen (secondary N) is 1. The number of amides is 1. The molecular weight excluding hydrogens is 250 g/mol. The predicted molar refractivity (Wildman–Crippen MR) is 84.8 cm³/mol. The second kappa shape index (κ2) is 8.63. The van der Waals surface area contributed by atoms with Gasteiger partial charge >= 0.3 is 0 Å². The van der Waals surface area contributed by atoms with Crippen LogP contribution < -0.4 is 5.32 Å². The average Bonchev–Trinajstić information content (AvgIpc) is 2.83. The minimum Gasteiger partial charge on any atom is -0.341 e. The number of likely N-dealkylation sites (N-methyl/N-ethyl adjacent to an activating group) is 1. The highest BCUT2D eigenvalue weighted by atomic mass is 16.2. The largest absolute Gasteiger partial charge is 0.341 e. The smallest absolute Gasteiger partial charge is 0.227 e. The fraction of sp³-hybridized carbons (Fsp3) is 0.938. The summed E-state index contributed by atoms with van der Waals surface area (Å²) in [7, 11) is 0. The van der Waals surface area contributed by atoms with Gasteiger partial charge in [0.05, 0.1) is 5.92 Å². The van der Waals surface area contributed by atoms with E-state index < -0.39 is 0 Å². The van der Waals surface area contributed by atoms with Crippen molar-refractivity contribution < 1.29 is 4.79 Å². The van der Waals surface area contributed by atoms with E-state index in [0.29, 0.717) is 17.9 Å². The molecule has 1 aliphatic heterocycles. The molecule has 1 fully saturated rings. The van der Waals surface area contributed by atoms with E-state index in [2.05, 4.69) is 49.7 Å². The summed E-state index contributed by atoms with van der Waals surface area (Å²) in [6.07, 6.45) is 0.986. The molecule has 4 nitrogen and oxygen atoms in total. The Morgan fingerprint density at radius 3 is 2.35 bits per heavy atom. The molecule has 2 unspecified atom stereocenters. The van der Waals surface area contributed by atoms with Gasteiger partial charge in [0.2, 0.25) is 5.91 Å². The summed E-state index contributed by atoms with van der Waals surface area (Å²) in [5, 5.41) is 3.39. The summed E-state index contributed by atoms with van der Waals surface area (Å²) in [6, 6.07) is 0.325. The lowest BCUT2D eigenvalue weighted by atomic mass is 9.99. The van der Waals surface area contributed by atoms with Crippen molar-refractivity contribution >= 4 is 5.91 Å². The van der Waals surface area contributed by atoms with Crippen LogP contribution in [0.1, 0.15) is 41.0 Å². The number of nitrogens with zero attached hydrogens (tertiary/aromatic N) is 2. The van der Waals surface area contributed by atoms with Gasteiger partial charge in [0.15, 0.2) is 0 Å². The fourth-order valence-corrected chi connectivity index (χ4v) is 2.96. The Kier molecular flexibility index (Phi) is 7.52. The molecular formula is C16H33N3O. The van der Waals surface area contributed by atoms with Crippen LogP contribution in [0.2, 0.25) is 0 Å². The summed E-state index contributed by atoms with van der Waals surface area (Å²) >= 11 is 0. The molecule has 0 bridgehead atoms. The van der Waals surface area contributed by atoms with E-state index in [0.717, 1.165) is 45.7 Å². The average molecular weight is 283 g/mol. The standard InChI is InChI=1S/C16H33N3O/c1-6-18(7-2)10-11-19(12-13(3)4)16(20)15-8-9-17-14(15)5/h13-15,17H,6-12H2,1-5H3. The van der Waals surface area contributed by atoms with Crippen LogP contribution in [0, 0.1) is 11.8 Å². The third kappa shape index (κ3) is 5.06. The normalized spacial score (nSPS) is 22.8. The molecule has 0 aromatic carbocycles. The molecule has 1 rings (SSSR count). The Morgan fingerprint density at radius 2 is 1.90 bits per heavy atom. The van der Waals surface area contributed by atoms with E-state index in [4.69, 9.17) is 0 Å². The van der Waals surface area contributed by atoms with Crippen LogP contribution in [0.5, 0.6) is 0 Å². The highest BCUT2D eigenvalue weighted by Crippen LogP contribution is 2.19. The first-order valence-electron chi connectivity index (χ1n) is 8.24. The van der Waals surface area contributed by atoms with E-state index in [1.165, 1.54) is 0 Å². The number of hydrogen-bond donors (Lipinski definition) is 1. The van der Waals surface area contributed by atoms with Crippen molar-refractivity contribution in [3.63, 3.8) is 0 Å². The molecule has 0 aliphatic carbocycles. The van der Waals surface area contributed by atoms with Gasteiger partial charge in [-0.2, -0.15) is 0 Å². The maximum Gasteiger partial charge on any atom is 0.227 e. The van der Waals surface area contributed by atoms with Crippen molar-refractivity contribution in [1.29, 1.82) is 0 Å². The third-order valence-electron chi connectivity index (χ3n) is 4.32. The minimum absolute atomic E-state index is 0.172. The summed E-state index contributed by atoms with van der Waals surface area (Å²) in [5.74, 6) is 1.05. The maximum absolute atomic E-state index is 12.7. The molecule has 1 aliphatic rings. The molecule has 0 aromatic heterocycles. The molecule has 0 radical (unpaired) electrons. The van der Waals surface area contributed by atoms with Gasteiger partial charge in [0.1, 0.15) is 0 Å². The van der Waals surface area contributed by atoms with Crippen LogP contribution in [0.4, 0.5) is 0 Å². The van der Waals surface area contributed by atoms with Gasteiger partial charge in [-0.05, 0) is 38.9 Å². The van der Waals surface area contributed by atoms with Crippen LogP contribution in [-0.2, 0) is 4.79 Å². The molecule has 2 atom stereocenters. The monoisotopic (exact) mass is 283 g/mol. The van der Waals surface area contributed by atoms with Crippen LogP contribution in [0.3, 0.4) is 0 Å². The highest BCUT2D eigenvalue weighted by molar-refractivity contribution is 5.80. The Hall–Kier alpha value is -0.610. The Balaban J connectivity index is 2.60. The Morgan fingerprint density at radius 1 is 1.25 bits per heavy atom. The number of carbonyl (C=O) groups is 1. The SMILES string of the molecule is CCN(CC)CCN(CC(C)C)C(=O)C1CCNC1C. The lowest BCUT2D eigenvalue weighted by molar-refractivity contribution is -0.136. The molecule has 20 heavy (non-hydrogen) atoms. The van der Waals surface area contributed by atoms with E-state index in [1.54, 1.807) is 0 Å². The van der Waals surface area contributed by atoms with Crippen LogP contribution >= 0.6 is 0 Å². The van der Waals surface area contributed by atoms with Crippen LogP contribution in [-0.4, -0.2) is 61.0 Å². The predicted octanol–water partition coefficient (Wildman–Crippen LogP) is 1.81. The van der Waals surface area contributed by atoms with Crippen molar-refractivity contribution in [3.05, 3.63) is 0 Å². The van der Waals surface area contributed by atoms with Gasteiger partial charge in [-0.1, -0.05) is 27.7 Å². The molecule has 4 heteroatoms. The summed E-state index contributed by atoms with van der Waals surface area (Å²) in [4.78, 5) is 17.2. The van der Waals surface area contributed by atoms with E-state index in [9.17, 15) is 4.79 Å². The summed E-state index contributed by atoms with van der Waals surface area (Å²) < 4.78 is 0. The van der Waals surface area contributed by atoms with Gasteiger partial charge in [0.25, 0.3) is 0 Å². The minimum atomic E-state index is 0.172. The summed E-state index contributed by atoms with van der Waals surface area (Å²) in [6.45, 7) is 16.7. The molecule has 0 saturated carbocycles. The zero-order valence-electron chi connectivity index (χ0n) is 14.0.